The van der Waals surface area contributed by atoms with E-state index in [0.29, 0.717) is 10.3 Å². The molecule has 1 aromatic heterocycles. The monoisotopic (exact) mass is 292 g/mol. The van der Waals surface area contributed by atoms with Crippen molar-refractivity contribution < 1.29 is 9.18 Å². The largest absolute Gasteiger partial charge is 0.397 e. The molecule has 0 saturated heterocycles. The van der Waals surface area contributed by atoms with Gasteiger partial charge in [0.05, 0.1) is 11.1 Å². The fourth-order valence-electron chi connectivity index (χ4n) is 2.91. The van der Waals surface area contributed by atoms with Gasteiger partial charge in [0.15, 0.2) is 0 Å². The van der Waals surface area contributed by atoms with Gasteiger partial charge in [-0.1, -0.05) is 18.9 Å². The number of amides is 1. The standard InChI is InChI=1S/C15H17FN2OS/c1-18(9-5-2-3-6-9)15(19)14-13(17)12-10(16)7-4-8-11(12)20-14/h4,7-9H,2-3,5-6,17H2,1H3. The molecule has 106 valence electrons. The summed E-state index contributed by atoms with van der Waals surface area (Å²) in [6, 6.07) is 5.10. The molecule has 2 N–H and O–H groups in total. The summed E-state index contributed by atoms with van der Waals surface area (Å²) >= 11 is 1.28. The van der Waals surface area contributed by atoms with Crippen LogP contribution < -0.4 is 5.73 Å². The van der Waals surface area contributed by atoms with Gasteiger partial charge in [-0.05, 0) is 25.0 Å². The Hall–Kier alpha value is -1.62. The van der Waals surface area contributed by atoms with Gasteiger partial charge in [0.2, 0.25) is 0 Å². The van der Waals surface area contributed by atoms with Crippen LogP contribution in [0.3, 0.4) is 0 Å². The Balaban J connectivity index is 1.99. The molecule has 1 saturated carbocycles. The Morgan fingerprint density at radius 2 is 2.10 bits per heavy atom. The third-order valence-corrected chi connectivity index (χ3v) is 5.25. The molecule has 20 heavy (non-hydrogen) atoms. The fourth-order valence-corrected chi connectivity index (χ4v) is 4.03. The van der Waals surface area contributed by atoms with Crippen LogP contribution in [0.2, 0.25) is 0 Å². The molecule has 3 rings (SSSR count). The van der Waals surface area contributed by atoms with E-state index in [1.807, 2.05) is 7.05 Å². The van der Waals surface area contributed by atoms with Crippen LogP contribution in [0, 0.1) is 5.82 Å². The Labute approximate surface area is 121 Å². The number of rotatable bonds is 2. The molecule has 0 aliphatic heterocycles. The summed E-state index contributed by atoms with van der Waals surface area (Å²) in [5.41, 5.74) is 6.28. The smallest absolute Gasteiger partial charge is 0.266 e. The summed E-state index contributed by atoms with van der Waals surface area (Å²) in [7, 11) is 1.82. The fraction of sp³-hybridized carbons (Fsp3) is 0.400. The molecule has 0 unspecified atom stereocenters. The number of hydrogen-bond acceptors (Lipinski definition) is 3. The van der Waals surface area contributed by atoms with Gasteiger partial charge < -0.3 is 10.6 Å². The van der Waals surface area contributed by atoms with E-state index in [4.69, 9.17) is 5.73 Å². The predicted molar refractivity (Wildman–Crippen MR) is 80.5 cm³/mol. The van der Waals surface area contributed by atoms with Gasteiger partial charge in [-0.3, -0.25) is 4.79 Å². The summed E-state index contributed by atoms with van der Waals surface area (Å²) in [4.78, 5) is 14.8. The first-order chi connectivity index (χ1) is 9.59. The first-order valence-corrected chi connectivity index (χ1v) is 7.65. The maximum Gasteiger partial charge on any atom is 0.266 e. The molecule has 1 aliphatic rings. The maximum atomic E-state index is 13.8. The zero-order valence-corrected chi connectivity index (χ0v) is 12.2. The lowest BCUT2D eigenvalue weighted by Gasteiger charge is -2.23. The van der Waals surface area contributed by atoms with Gasteiger partial charge in [0.1, 0.15) is 10.7 Å². The van der Waals surface area contributed by atoms with E-state index in [0.717, 1.165) is 17.5 Å². The summed E-state index contributed by atoms with van der Waals surface area (Å²) in [5, 5.41) is 0.376. The van der Waals surface area contributed by atoms with Crippen molar-refractivity contribution >= 4 is 33.0 Å². The molecule has 3 nitrogen and oxygen atoms in total. The van der Waals surface area contributed by atoms with Crippen LogP contribution >= 0.6 is 11.3 Å². The van der Waals surface area contributed by atoms with Crippen LogP contribution in [0.15, 0.2) is 18.2 Å². The minimum Gasteiger partial charge on any atom is -0.397 e. The van der Waals surface area contributed by atoms with Gasteiger partial charge in [0, 0.05) is 17.8 Å². The Bertz CT molecular complexity index is 661. The molecule has 1 heterocycles. The van der Waals surface area contributed by atoms with Crippen LogP contribution in [0.1, 0.15) is 35.4 Å². The molecular weight excluding hydrogens is 275 g/mol. The van der Waals surface area contributed by atoms with Crippen molar-refractivity contribution in [3.63, 3.8) is 0 Å². The minimum atomic E-state index is -0.362. The number of carbonyl (C=O) groups excluding carboxylic acids is 1. The van der Waals surface area contributed by atoms with E-state index >= 15 is 0 Å². The topological polar surface area (TPSA) is 46.3 Å². The number of benzene rings is 1. The predicted octanol–water partition coefficient (Wildman–Crippen LogP) is 3.64. The SMILES string of the molecule is CN(C(=O)c1sc2cccc(F)c2c1N)C1CCCC1. The van der Waals surface area contributed by atoms with Crippen molar-refractivity contribution in [2.45, 2.75) is 31.7 Å². The molecular formula is C15H17FN2OS. The zero-order valence-electron chi connectivity index (χ0n) is 11.4. The van der Waals surface area contributed by atoms with Crippen molar-refractivity contribution in [3.05, 3.63) is 28.9 Å². The van der Waals surface area contributed by atoms with Gasteiger partial charge >= 0.3 is 0 Å². The van der Waals surface area contributed by atoms with Crippen LogP contribution in [0.25, 0.3) is 10.1 Å². The summed E-state index contributed by atoms with van der Waals surface area (Å²) < 4.78 is 14.6. The van der Waals surface area contributed by atoms with Crippen LogP contribution in [-0.2, 0) is 0 Å². The number of nitrogens with zero attached hydrogens (tertiary/aromatic N) is 1. The van der Waals surface area contributed by atoms with E-state index in [9.17, 15) is 9.18 Å². The highest BCUT2D eigenvalue weighted by Crippen LogP contribution is 2.36. The van der Waals surface area contributed by atoms with Crippen LogP contribution in [0.4, 0.5) is 10.1 Å². The first kappa shape index (κ1) is 13.4. The molecule has 1 aromatic carbocycles. The number of nitrogens with two attached hydrogens (primary N) is 1. The van der Waals surface area contributed by atoms with E-state index in [1.165, 1.54) is 30.2 Å². The third kappa shape index (κ3) is 2.06. The third-order valence-electron chi connectivity index (χ3n) is 4.09. The number of nitrogen functional groups attached to an aromatic ring is 1. The van der Waals surface area contributed by atoms with Gasteiger partial charge in [-0.15, -0.1) is 11.3 Å². The molecule has 5 heteroatoms. The molecule has 0 atom stereocenters. The number of thiophene rings is 1. The van der Waals surface area contributed by atoms with Crippen molar-refractivity contribution in [1.29, 1.82) is 0 Å². The van der Waals surface area contributed by atoms with E-state index < -0.39 is 0 Å². The summed E-state index contributed by atoms with van der Waals surface area (Å²) in [5.74, 6) is -0.450. The number of carbonyl (C=O) groups is 1. The van der Waals surface area contributed by atoms with Gasteiger partial charge in [-0.2, -0.15) is 0 Å². The highest BCUT2D eigenvalue weighted by molar-refractivity contribution is 7.21. The molecule has 2 aromatic rings. The highest BCUT2D eigenvalue weighted by Gasteiger charge is 2.27. The molecule has 0 bridgehead atoms. The number of hydrogen-bond donors (Lipinski definition) is 1. The zero-order chi connectivity index (χ0) is 14.3. The van der Waals surface area contributed by atoms with E-state index in [2.05, 4.69) is 0 Å². The lowest BCUT2D eigenvalue weighted by molar-refractivity contribution is 0.0741. The molecule has 1 aliphatic carbocycles. The quantitative estimate of drug-likeness (QED) is 0.918. The summed E-state index contributed by atoms with van der Waals surface area (Å²) in [6.07, 6.45) is 4.42. The molecule has 1 fully saturated rings. The first-order valence-electron chi connectivity index (χ1n) is 6.83. The second-order valence-corrected chi connectivity index (χ2v) is 6.36. The second kappa shape index (κ2) is 5.05. The Morgan fingerprint density at radius 1 is 1.40 bits per heavy atom. The van der Waals surface area contributed by atoms with Crippen molar-refractivity contribution in [2.75, 3.05) is 12.8 Å². The van der Waals surface area contributed by atoms with Crippen molar-refractivity contribution in [2.24, 2.45) is 0 Å². The van der Waals surface area contributed by atoms with Crippen LogP contribution in [0.5, 0.6) is 0 Å². The second-order valence-electron chi connectivity index (χ2n) is 5.31. The average Bonchev–Trinajstić information content (AvgIpc) is 3.06. The van der Waals surface area contributed by atoms with Crippen molar-refractivity contribution in [3.8, 4) is 0 Å². The molecule has 1 amide bonds. The van der Waals surface area contributed by atoms with Crippen molar-refractivity contribution in [1.82, 2.24) is 4.90 Å². The lowest BCUT2D eigenvalue weighted by Crippen LogP contribution is -2.35. The number of fused-ring (bicyclic) bond motifs is 1. The maximum absolute atomic E-state index is 13.8. The van der Waals surface area contributed by atoms with Gasteiger partial charge in [0.25, 0.3) is 5.91 Å². The molecule has 0 spiro atoms. The van der Waals surface area contributed by atoms with Gasteiger partial charge in [-0.25, -0.2) is 4.39 Å². The summed E-state index contributed by atoms with van der Waals surface area (Å²) in [6.45, 7) is 0. The van der Waals surface area contributed by atoms with E-state index in [-0.39, 0.29) is 23.5 Å². The number of anilines is 1. The molecule has 0 radical (unpaired) electrons. The average molecular weight is 292 g/mol. The Morgan fingerprint density at radius 3 is 2.75 bits per heavy atom. The Kier molecular flexibility index (Phi) is 3.38. The van der Waals surface area contributed by atoms with E-state index in [1.54, 1.807) is 17.0 Å². The highest BCUT2D eigenvalue weighted by atomic mass is 32.1. The number of halogens is 1. The van der Waals surface area contributed by atoms with Crippen LogP contribution in [-0.4, -0.2) is 23.9 Å². The lowest BCUT2D eigenvalue weighted by atomic mass is 10.2. The normalized spacial score (nSPS) is 15.9. The minimum absolute atomic E-state index is 0.0880.